The zero-order chi connectivity index (χ0) is 18.2. The van der Waals surface area contributed by atoms with Crippen LogP contribution in [0.25, 0.3) is 0 Å². The largest absolute Gasteiger partial charge is 0.497 e. The lowest BCUT2D eigenvalue weighted by Gasteiger charge is -2.24. The van der Waals surface area contributed by atoms with E-state index in [4.69, 9.17) is 4.74 Å². The van der Waals surface area contributed by atoms with Gasteiger partial charge in [0, 0.05) is 27.1 Å². The van der Waals surface area contributed by atoms with Crippen LogP contribution in [0.1, 0.15) is 18.1 Å². The van der Waals surface area contributed by atoms with Crippen molar-refractivity contribution in [3.05, 3.63) is 65.7 Å². The number of hydrogen-bond donors (Lipinski definition) is 0. The van der Waals surface area contributed by atoms with Crippen molar-refractivity contribution < 1.29 is 14.3 Å². The Kier molecular flexibility index (Phi) is 6.57. The molecule has 2 aromatic rings. The molecule has 0 fully saturated rings. The minimum Gasteiger partial charge on any atom is -0.497 e. The molecule has 0 atom stereocenters. The van der Waals surface area contributed by atoms with E-state index in [0.29, 0.717) is 13.1 Å². The fraction of sp³-hybridized carbons (Fsp3) is 0.300. The summed E-state index contributed by atoms with van der Waals surface area (Å²) in [6.07, 6.45) is 0. The van der Waals surface area contributed by atoms with Gasteiger partial charge in [-0.05, 0) is 23.3 Å². The molecule has 0 heterocycles. The van der Waals surface area contributed by atoms with Crippen LogP contribution in [0.3, 0.4) is 0 Å². The van der Waals surface area contributed by atoms with Crippen LogP contribution in [0.4, 0.5) is 0 Å². The van der Waals surface area contributed by atoms with Crippen LogP contribution in [0.15, 0.2) is 54.6 Å². The first-order valence-corrected chi connectivity index (χ1v) is 8.16. The lowest BCUT2D eigenvalue weighted by atomic mass is 10.2. The van der Waals surface area contributed by atoms with Crippen molar-refractivity contribution in [3.8, 4) is 5.75 Å². The Morgan fingerprint density at radius 2 is 1.52 bits per heavy atom. The molecule has 0 aliphatic rings. The van der Waals surface area contributed by atoms with Gasteiger partial charge in [-0.1, -0.05) is 42.5 Å². The molecule has 0 spiro atoms. The number of rotatable bonds is 7. The molecular formula is C20H24N2O3. The summed E-state index contributed by atoms with van der Waals surface area (Å²) in [6.45, 7) is 2.46. The summed E-state index contributed by atoms with van der Waals surface area (Å²) >= 11 is 0. The molecule has 0 radical (unpaired) electrons. The smallest absolute Gasteiger partial charge is 0.242 e. The molecular weight excluding hydrogens is 316 g/mol. The van der Waals surface area contributed by atoms with E-state index in [1.807, 2.05) is 54.6 Å². The van der Waals surface area contributed by atoms with Crippen molar-refractivity contribution >= 4 is 11.8 Å². The van der Waals surface area contributed by atoms with E-state index in [9.17, 15) is 9.59 Å². The molecule has 0 unspecified atom stereocenters. The van der Waals surface area contributed by atoms with Gasteiger partial charge in [0.15, 0.2) is 0 Å². The highest BCUT2D eigenvalue weighted by atomic mass is 16.5. The van der Waals surface area contributed by atoms with Crippen molar-refractivity contribution in [3.63, 3.8) is 0 Å². The highest BCUT2D eigenvalue weighted by Crippen LogP contribution is 2.13. The molecule has 2 amide bonds. The molecule has 0 bridgehead atoms. The lowest BCUT2D eigenvalue weighted by molar-refractivity contribution is -0.139. The Morgan fingerprint density at radius 1 is 0.920 bits per heavy atom. The maximum absolute atomic E-state index is 12.5. The summed E-state index contributed by atoms with van der Waals surface area (Å²) in [7, 11) is 3.36. The summed E-state index contributed by atoms with van der Waals surface area (Å²) in [5.74, 6) is 0.543. The second-order valence-corrected chi connectivity index (χ2v) is 5.96. The number of carbonyl (C=O) groups is 2. The Balaban J connectivity index is 1.97. The van der Waals surface area contributed by atoms with Crippen molar-refractivity contribution in [1.29, 1.82) is 0 Å². The van der Waals surface area contributed by atoms with Crippen molar-refractivity contribution in [2.45, 2.75) is 20.0 Å². The lowest BCUT2D eigenvalue weighted by Crippen LogP contribution is -2.40. The summed E-state index contributed by atoms with van der Waals surface area (Å²) in [6, 6.07) is 17.3. The molecule has 0 aliphatic heterocycles. The van der Waals surface area contributed by atoms with Gasteiger partial charge in [-0.3, -0.25) is 9.59 Å². The number of hydrogen-bond acceptors (Lipinski definition) is 3. The van der Waals surface area contributed by atoms with E-state index in [1.54, 1.807) is 24.0 Å². The number of nitrogens with zero attached hydrogens (tertiary/aromatic N) is 2. The van der Waals surface area contributed by atoms with Gasteiger partial charge in [-0.15, -0.1) is 0 Å². The third-order valence-electron chi connectivity index (χ3n) is 3.99. The molecule has 2 rings (SSSR count). The molecule has 0 aliphatic carbocycles. The number of benzene rings is 2. The van der Waals surface area contributed by atoms with Crippen LogP contribution in [-0.2, 0) is 22.7 Å². The van der Waals surface area contributed by atoms with E-state index < -0.39 is 0 Å². The predicted octanol–water partition coefficient (Wildman–Crippen LogP) is 2.70. The van der Waals surface area contributed by atoms with Gasteiger partial charge < -0.3 is 14.5 Å². The second-order valence-electron chi connectivity index (χ2n) is 5.96. The number of amides is 2. The van der Waals surface area contributed by atoms with Crippen LogP contribution in [0, 0.1) is 0 Å². The van der Waals surface area contributed by atoms with E-state index in [0.717, 1.165) is 16.9 Å². The van der Waals surface area contributed by atoms with Gasteiger partial charge in [0.05, 0.1) is 7.11 Å². The van der Waals surface area contributed by atoms with Crippen molar-refractivity contribution in [2.24, 2.45) is 0 Å². The van der Waals surface area contributed by atoms with Gasteiger partial charge >= 0.3 is 0 Å². The Labute approximate surface area is 148 Å². The van der Waals surface area contributed by atoms with Crippen molar-refractivity contribution in [2.75, 3.05) is 20.7 Å². The molecule has 2 aromatic carbocycles. The number of carbonyl (C=O) groups excluding carboxylic acids is 2. The zero-order valence-corrected chi connectivity index (χ0v) is 14.9. The monoisotopic (exact) mass is 340 g/mol. The van der Waals surface area contributed by atoms with E-state index in [2.05, 4.69) is 0 Å². The molecule has 0 saturated heterocycles. The molecule has 5 nitrogen and oxygen atoms in total. The topological polar surface area (TPSA) is 49.9 Å². The maximum Gasteiger partial charge on any atom is 0.242 e. The Morgan fingerprint density at radius 3 is 2.08 bits per heavy atom. The fourth-order valence-electron chi connectivity index (χ4n) is 2.46. The number of methoxy groups -OCH3 is 1. The van der Waals surface area contributed by atoms with Gasteiger partial charge in [-0.2, -0.15) is 0 Å². The van der Waals surface area contributed by atoms with Gasteiger partial charge in [0.25, 0.3) is 0 Å². The molecule has 0 saturated carbocycles. The molecule has 5 heteroatoms. The average molecular weight is 340 g/mol. The second kappa shape index (κ2) is 8.87. The first-order valence-electron chi connectivity index (χ1n) is 8.16. The number of ether oxygens (including phenoxy) is 1. The van der Waals surface area contributed by atoms with Crippen molar-refractivity contribution in [1.82, 2.24) is 9.80 Å². The zero-order valence-electron chi connectivity index (χ0n) is 14.9. The molecule has 25 heavy (non-hydrogen) atoms. The summed E-state index contributed by atoms with van der Waals surface area (Å²) < 4.78 is 5.13. The Hall–Kier alpha value is -2.82. The highest BCUT2D eigenvalue weighted by Gasteiger charge is 2.17. The third kappa shape index (κ3) is 5.64. The van der Waals surface area contributed by atoms with E-state index in [1.165, 1.54) is 6.92 Å². The standard InChI is InChI=1S/C20H24N2O3/c1-16(23)22(14-18-9-11-19(25-3)12-10-18)15-20(24)21(2)13-17-7-5-4-6-8-17/h4-12H,13-15H2,1-3H3. The Bertz CT molecular complexity index is 699. The maximum atomic E-state index is 12.5. The minimum atomic E-state index is -0.128. The first-order chi connectivity index (χ1) is 12.0. The van der Waals surface area contributed by atoms with Crippen LogP contribution >= 0.6 is 0 Å². The molecule has 0 aromatic heterocycles. The van der Waals surface area contributed by atoms with Crippen LogP contribution in [0.2, 0.25) is 0 Å². The first kappa shape index (κ1) is 18.5. The van der Waals surface area contributed by atoms with Crippen LogP contribution < -0.4 is 4.74 Å². The quantitative estimate of drug-likeness (QED) is 0.779. The fourth-order valence-corrected chi connectivity index (χ4v) is 2.46. The SMILES string of the molecule is COc1ccc(CN(CC(=O)N(C)Cc2ccccc2)C(C)=O)cc1. The average Bonchev–Trinajstić information content (AvgIpc) is 2.62. The van der Waals surface area contributed by atoms with E-state index >= 15 is 0 Å². The van der Waals surface area contributed by atoms with Gasteiger partial charge in [0.1, 0.15) is 12.3 Å². The molecule has 132 valence electrons. The summed E-state index contributed by atoms with van der Waals surface area (Å²) in [5, 5.41) is 0. The number of likely N-dealkylation sites (N-methyl/N-ethyl adjacent to an activating group) is 1. The van der Waals surface area contributed by atoms with E-state index in [-0.39, 0.29) is 18.4 Å². The predicted molar refractivity (Wildman–Crippen MR) is 97.0 cm³/mol. The summed E-state index contributed by atoms with van der Waals surface area (Å²) in [4.78, 5) is 27.6. The van der Waals surface area contributed by atoms with Gasteiger partial charge in [0.2, 0.25) is 11.8 Å². The minimum absolute atomic E-state index is 0.0602. The van der Waals surface area contributed by atoms with Gasteiger partial charge in [-0.25, -0.2) is 0 Å². The normalized spacial score (nSPS) is 10.2. The third-order valence-corrected chi connectivity index (χ3v) is 3.99. The highest BCUT2D eigenvalue weighted by molar-refractivity contribution is 5.83. The van der Waals surface area contributed by atoms with Crippen LogP contribution in [-0.4, -0.2) is 42.3 Å². The van der Waals surface area contributed by atoms with Crippen LogP contribution in [0.5, 0.6) is 5.75 Å². The summed E-state index contributed by atoms with van der Waals surface area (Å²) in [5.41, 5.74) is 2.01. The molecule has 0 N–H and O–H groups in total.